The van der Waals surface area contributed by atoms with Crippen LogP contribution in [-0.2, 0) is 22.7 Å². The van der Waals surface area contributed by atoms with E-state index in [9.17, 15) is 9.59 Å². The fraction of sp³-hybridized carbons (Fsp3) is 0.360. The van der Waals surface area contributed by atoms with Gasteiger partial charge in [-0.05, 0) is 57.4 Å². The monoisotopic (exact) mass is 481 g/mol. The molecule has 0 spiro atoms. The summed E-state index contributed by atoms with van der Waals surface area (Å²) in [4.78, 5) is 24.7. The van der Waals surface area contributed by atoms with Crippen LogP contribution in [0.5, 0.6) is 5.75 Å². The molecule has 0 atom stereocenters. The first-order valence-corrected chi connectivity index (χ1v) is 12.1. The van der Waals surface area contributed by atoms with Gasteiger partial charge in [0.1, 0.15) is 5.75 Å². The van der Waals surface area contributed by atoms with E-state index < -0.39 is 0 Å². The van der Waals surface area contributed by atoms with E-state index in [1.54, 1.807) is 0 Å². The molecule has 2 N–H and O–H groups in total. The maximum atomic E-state index is 12.4. The molecule has 2 amide bonds. The van der Waals surface area contributed by atoms with E-state index in [0.717, 1.165) is 33.7 Å². The third kappa shape index (κ3) is 6.60. The van der Waals surface area contributed by atoms with Gasteiger partial charge in [-0.15, -0.1) is 10.2 Å². The second-order valence-corrected chi connectivity index (χ2v) is 9.03. The first-order valence-electron chi connectivity index (χ1n) is 11.2. The Kier molecular flexibility index (Phi) is 8.70. The van der Waals surface area contributed by atoms with E-state index in [1.807, 2.05) is 75.6 Å². The lowest BCUT2D eigenvalue weighted by molar-refractivity contribution is -0.123. The number of para-hydroxylation sites is 1. The molecule has 1 heterocycles. The summed E-state index contributed by atoms with van der Waals surface area (Å²) in [7, 11) is 0. The predicted molar refractivity (Wildman–Crippen MR) is 134 cm³/mol. The van der Waals surface area contributed by atoms with Gasteiger partial charge in [0.25, 0.3) is 5.91 Å². The number of rotatable bonds is 10. The van der Waals surface area contributed by atoms with Crippen LogP contribution in [-0.4, -0.2) is 38.9 Å². The highest BCUT2D eigenvalue weighted by molar-refractivity contribution is 7.99. The summed E-state index contributed by atoms with van der Waals surface area (Å²) in [6.07, 6.45) is 0. The zero-order valence-corrected chi connectivity index (χ0v) is 21.1. The lowest BCUT2D eigenvalue weighted by Gasteiger charge is -2.12. The summed E-state index contributed by atoms with van der Waals surface area (Å²) in [6.45, 7) is 10.6. The number of ether oxygens (including phenoxy) is 1. The van der Waals surface area contributed by atoms with E-state index in [-0.39, 0.29) is 30.7 Å². The standard InChI is InChI=1S/C25H31N5O3S/c1-6-30-21(13-26-22(31)14-33-24-17(3)8-7-9-18(24)4)28-29-25(30)34-15-23(32)27-20-11-10-16(2)12-19(20)5/h7-12H,6,13-15H2,1-5H3,(H,26,31)(H,27,32). The molecular formula is C25H31N5O3S. The summed E-state index contributed by atoms with van der Waals surface area (Å²) in [5.74, 6) is 1.21. The lowest BCUT2D eigenvalue weighted by Crippen LogP contribution is -2.29. The van der Waals surface area contributed by atoms with E-state index in [4.69, 9.17) is 4.74 Å². The van der Waals surface area contributed by atoms with Gasteiger partial charge in [-0.2, -0.15) is 0 Å². The van der Waals surface area contributed by atoms with Crippen LogP contribution in [0.1, 0.15) is 35.0 Å². The molecule has 1 aromatic heterocycles. The fourth-order valence-corrected chi connectivity index (χ4v) is 4.36. The molecule has 3 aromatic rings. The molecule has 0 radical (unpaired) electrons. The molecule has 0 aliphatic rings. The van der Waals surface area contributed by atoms with Crippen molar-refractivity contribution in [3.63, 3.8) is 0 Å². The first kappa shape index (κ1) is 25.3. The lowest BCUT2D eigenvalue weighted by atomic mass is 10.1. The highest BCUT2D eigenvalue weighted by atomic mass is 32.2. The molecule has 9 heteroatoms. The Balaban J connectivity index is 1.51. The molecule has 0 aliphatic carbocycles. The van der Waals surface area contributed by atoms with Crippen LogP contribution in [0.15, 0.2) is 41.6 Å². The fourth-order valence-electron chi connectivity index (χ4n) is 3.54. The molecule has 2 aromatic carbocycles. The van der Waals surface area contributed by atoms with Crippen LogP contribution in [0.4, 0.5) is 5.69 Å². The van der Waals surface area contributed by atoms with Crippen molar-refractivity contribution in [3.8, 4) is 5.75 Å². The average Bonchev–Trinajstić information content (AvgIpc) is 3.19. The highest BCUT2D eigenvalue weighted by Gasteiger charge is 2.15. The van der Waals surface area contributed by atoms with Crippen molar-refractivity contribution in [2.75, 3.05) is 17.7 Å². The number of amides is 2. The van der Waals surface area contributed by atoms with Crippen molar-refractivity contribution in [2.45, 2.75) is 52.9 Å². The topological polar surface area (TPSA) is 98.1 Å². The minimum atomic E-state index is -0.240. The molecule has 180 valence electrons. The van der Waals surface area contributed by atoms with Gasteiger partial charge in [-0.25, -0.2) is 0 Å². The van der Waals surface area contributed by atoms with Crippen LogP contribution in [0.25, 0.3) is 0 Å². The van der Waals surface area contributed by atoms with Gasteiger partial charge in [0, 0.05) is 12.2 Å². The average molecular weight is 482 g/mol. The number of nitrogens with one attached hydrogen (secondary N) is 2. The number of thioether (sulfide) groups is 1. The van der Waals surface area contributed by atoms with E-state index in [0.29, 0.717) is 17.5 Å². The number of anilines is 1. The van der Waals surface area contributed by atoms with Gasteiger partial charge in [0.15, 0.2) is 17.6 Å². The summed E-state index contributed by atoms with van der Waals surface area (Å²) in [6, 6.07) is 11.8. The maximum Gasteiger partial charge on any atom is 0.258 e. The number of aryl methyl sites for hydroxylation is 4. The van der Waals surface area contributed by atoms with Gasteiger partial charge in [-0.1, -0.05) is 47.7 Å². The Morgan fingerprint density at radius 3 is 2.41 bits per heavy atom. The van der Waals surface area contributed by atoms with Gasteiger partial charge in [0.2, 0.25) is 5.91 Å². The highest BCUT2D eigenvalue weighted by Crippen LogP contribution is 2.22. The number of hydrogen-bond acceptors (Lipinski definition) is 6. The molecular weight excluding hydrogens is 450 g/mol. The molecule has 0 aliphatic heterocycles. The Hall–Kier alpha value is -3.33. The second-order valence-electron chi connectivity index (χ2n) is 8.08. The van der Waals surface area contributed by atoms with Gasteiger partial charge in [-0.3, -0.25) is 9.59 Å². The van der Waals surface area contributed by atoms with Crippen molar-refractivity contribution >= 4 is 29.3 Å². The molecule has 34 heavy (non-hydrogen) atoms. The van der Waals surface area contributed by atoms with Crippen LogP contribution in [0, 0.1) is 27.7 Å². The number of carbonyl (C=O) groups is 2. The van der Waals surface area contributed by atoms with Gasteiger partial charge >= 0.3 is 0 Å². The first-order chi connectivity index (χ1) is 16.3. The van der Waals surface area contributed by atoms with Crippen molar-refractivity contribution in [1.29, 1.82) is 0 Å². The smallest absolute Gasteiger partial charge is 0.258 e. The zero-order valence-electron chi connectivity index (χ0n) is 20.3. The number of aromatic nitrogens is 3. The Labute approximate surface area is 204 Å². The summed E-state index contributed by atoms with van der Waals surface area (Å²) < 4.78 is 7.60. The Morgan fingerprint density at radius 1 is 1.00 bits per heavy atom. The van der Waals surface area contributed by atoms with Crippen molar-refractivity contribution in [1.82, 2.24) is 20.1 Å². The third-order valence-corrected chi connectivity index (χ3v) is 6.26. The summed E-state index contributed by atoms with van der Waals surface area (Å²) in [5, 5.41) is 14.8. The molecule has 0 saturated heterocycles. The Morgan fingerprint density at radius 2 is 1.74 bits per heavy atom. The summed E-state index contributed by atoms with van der Waals surface area (Å²) >= 11 is 1.31. The SMILES string of the molecule is CCn1c(CNC(=O)COc2c(C)cccc2C)nnc1SCC(=O)Nc1ccc(C)cc1C. The molecule has 0 unspecified atom stereocenters. The van der Waals surface area contributed by atoms with Crippen LogP contribution < -0.4 is 15.4 Å². The molecule has 8 nitrogen and oxygen atoms in total. The second kappa shape index (κ2) is 11.7. The minimum absolute atomic E-state index is 0.0772. The van der Waals surface area contributed by atoms with E-state index in [1.165, 1.54) is 11.8 Å². The third-order valence-electron chi connectivity index (χ3n) is 5.30. The number of benzene rings is 2. The number of nitrogens with zero attached hydrogens (tertiary/aromatic N) is 3. The van der Waals surface area contributed by atoms with Crippen LogP contribution in [0.3, 0.4) is 0 Å². The predicted octanol–water partition coefficient (Wildman–Crippen LogP) is 3.96. The van der Waals surface area contributed by atoms with Gasteiger partial charge < -0.3 is 19.9 Å². The van der Waals surface area contributed by atoms with E-state index in [2.05, 4.69) is 20.8 Å². The largest absolute Gasteiger partial charge is 0.483 e. The number of hydrogen-bond donors (Lipinski definition) is 2. The minimum Gasteiger partial charge on any atom is -0.483 e. The molecule has 0 saturated carbocycles. The van der Waals surface area contributed by atoms with Crippen molar-refractivity contribution in [2.24, 2.45) is 0 Å². The Bertz CT molecular complexity index is 1160. The van der Waals surface area contributed by atoms with Gasteiger partial charge in [0.05, 0.1) is 12.3 Å². The van der Waals surface area contributed by atoms with Crippen molar-refractivity contribution < 1.29 is 14.3 Å². The summed E-state index contributed by atoms with van der Waals surface area (Å²) in [5.41, 5.74) is 4.95. The van der Waals surface area contributed by atoms with E-state index >= 15 is 0 Å². The molecule has 0 bridgehead atoms. The zero-order chi connectivity index (χ0) is 24.7. The quantitative estimate of drug-likeness (QED) is 0.426. The van der Waals surface area contributed by atoms with Crippen LogP contribution in [0.2, 0.25) is 0 Å². The maximum absolute atomic E-state index is 12.4. The molecule has 3 rings (SSSR count). The normalized spacial score (nSPS) is 10.7. The molecule has 0 fully saturated rings. The van der Waals surface area contributed by atoms with Crippen LogP contribution >= 0.6 is 11.8 Å². The number of carbonyl (C=O) groups excluding carboxylic acids is 2. The van der Waals surface area contributed by atoms with Crippen molar-refractivity contribution in [3.05, 3.63) is 64.5 Å².